The maximum absolute atomic E-state index is 4.32. The van der Waals surface area contributed by atoms with E-state index < -0.39 is 0 Å². The minimum atomic E-state index is 0.453. The molecule has 0 heterocycles. The lowest BCUT2D eigenvalue weighted by Gasteiger charge is -2.05. The first-order chi connectivity index (χ1) is 4.31. The fraction of sp³-hybridized carbons (Fsp3) is 1.00. The summed E-state index contributed by atoms with van der Waals surface area (Å²) in [4.78, 5) is 0. The van der Waals surface area contributed by atoms with E-state index >= 15 is 0 Å². The fourth-order valence-corrected chi connectivity index (χ4v) is 2.44. The Morgan fingerprint density at radius 1 is 1.22 bits per heavy atom. The van der Waals surface area contributed by atoms with Crippen molar-refractivity contribution >= 4 is 49.6 Å². The highest BCUT2D eigenvalue weighted by Crippen LogP contribution is 2.18. The summed E-state index contributed by atoms with van der Waals surface area (Å²) >= 11 is 14.4. The first kappa shape index (κ1) is 10.4. The van der Waals surface area contributed by atoms with Gasteiger partial charge in [-0.05, 0) is 17.9 Å². The third-order valence-corrected chi connectivity index (χ3v) is 3.33. The van der Waals surface area contributed by atoms with Crippen molar-refractivity contribution in [2.24, 2.45) is 0 Å². The van der Waals surface area contributed by atoms with Crippen molar-refractivity contribution in [3.05, 3.63) is 0 Å². The second-order valence-electron chi connectivity index (χ2n) is 1.56. The molecule has 0 aromatic rings. The van der Waals surface area contributed by atoms with Crippen LogP contribution in [0.15, 0.2) is 0 Å². The average molecular weight is 200 g/mol. The van der Waals surface area contributed by atoms with Crippen LogP contribution in [0, 0.1) is 0 Å². The third-order valence-electron chi connectivity index (χ3n) is 0.778. The quantitative estimate of drug-likeness (QED) is 0.452. The standard InChI is InChI=1S/C5H12S4/c6-2-1-5(8)9-4-3-7/h5-8H,1-4H2. The third kappa shape index (κ3) is 7.30. The molecule has 0 fully saturated rings. The van der Waals surface area contributed by atoms with Crippen molar-refractivity contribution in [3.8, 4) is 0 Å². The van der Waals surface area contributed by atoms with E-state index in [1.165, 1.54) is 0 Å². The first-order valence-electron chi connectivity index (χ1n) is 2.82. The van der Waals surface area contributed by atoms with E-state index in [0.717, 1.165) is 23.7 Å². The Labute approximate surface area is 77.8 Å². The molecule has 9 heavy (non-hydrogen) atoms. The summed E-state index contributed by atoms with van der Waals surface area (Å²) < 4.78 is 0.453. The molecule has 0 bridgehead atoms. The molecule has 0 spiro atoms. The van der Waals surface area contributed by atoms with Gasteiger partial charge in [-0.1, -0.05) is 0 Å². The molecule has 0 aliphatic carbocycles. The van der Waals surface area contributed by atoms with Gasteiger partial charge in [0.25, 0.3) is 0 Å². The molecule has 0 amide bonds. The summed E-state index contributed by atoms with van der Waals surface area (Å²) in [5, 5.41) is 0. The van der Waals surface area contributed by atoms with Crippen molar-refractivity contribution < 1.29 is 0 Å². The minimum Gasteiger partial charge on any atom is -0.179 e. The van der Waals surface area contributed by atoms with E-state index in [0.29, 0.717) is 4.58 Å². The van der Waals surface area contributed by atoms with Crippen LogP contribution in [-0.2, 0) is 0 Å². The molecule has 0 aliphatic heterocycles. The summed E-state index contributed by atoms with van der Waals surface area (Å²) in [5.74, 6) is 2.95. The molecule has 0 saturated heterocycles. The molecule has 0 rings (SSSR count). The predicted molar refractivity (Wildman–Crippen MR) is 57.6 cm³/mol. The zero-order valence-corrected chi connectivity index (χ0v) is 8.66. The summed E-state index contributed by atoms with van der Waals surface area (Å²) in [5.41, 5.74) is 0. The van der Waals surface area contributed by atoms with E-state index in [4.69, 9.17) is 0 Å². The molecular formula is C5H12S4. The molecule has 0 N–H and O–H groups in total. The smallest absolute Gasteiger partial charge is 0.0480 e. The fourth-order valence-electron chi connectivity index (χ4n) is 0.383. The molecule has 0 aromatic heterocycles. The molecule has 1 unspecified atom stereocenters. The second kappa shape index (κ2) is 7.51. The number of thiol groups is 3. The van der Waals surface area contributed by atoms with Gasteiger partial charge in [0.15, 0.2) is 0 Å². The number of thioether (sulfide) groups is 1. The summed E-state index contributed by atoms with van der Waals surface area (Å²) in [7, 11) is 0. The van der Waals surface area contributed by atoms with Gasteiger partial charge < -0.3 is 0 Å². The Balaban J connectivity index is 2.95. The molecule has 1 atom stereocenters. The second-order valence-corrected chi connectivity index (χ2v) is 4.74. The van der Waals surface area contributed by atoms with Crippen LogP contribution in [0.5, 0.6) is 0 Å². The molecule has 56 valence electrons. The lowest BCUT2D eigenvalue weighted by atomic mass is 10.6. The zero-order chi connectivity index (χ0) is 7.11. The highest BCUT2D eigenvalue weighted by molar-refractivity contribution is 8.10. The molecule has 0 aliphatic rings. The minimum absolute atomic E-state index is 0.453. The first-order valence-corrected chi connectivity index (χ1v) is 5.65. The van der Waals surface area contributed by atoms with Crippen molar-refractivity contribution in [1.29, 1.82) is 0 Å². The van der Waals surface area contributed by atoms with Gasteiger partial charge in [-0.3, -0.25) is 0 Å². The Kier molecular flexibility index (Phi) is 8.67. The summed E-state index contributed by atoms with van der Waals surface area (Å²) in [6.45, 7) is 0. The molecule has 0 aromatic carbocycles. The van der Waals surface area contributed by atoms with Gasteiger partial charge in [-0.15, -0.1) is 11.8 Å². The number of rotatable bonds is 5. The van der Waals surface area contributed by atoms with Crippen LogP contribution in [0.2, 0.25) is 0 Å². The van der Waals surface area contributed by atoms with Gasteiger partial charge >= 0.3 is 0 Å². The van der Waals surface area contributed by atoms with Crippen LogP contribution >= 0.6 is 49.6 Å². The molecular weight excluding hydrogens is 188 g/mol. The summed E-state index contributed by atoms with van der Waals surface area (Å²) in [6.07, 6.45) is 1.07. The van der Waals surface area contributed by atoms with Gasteiger partial charge in [0.2, 0.25) is 0 Å². The van der Waals surface area contributed by atoms with Gasteiger partial charge in [0.1, 0.15) is 0 Å². The van der Waals surface area contributed by atoms with Crippen LogP contribution in [0.4, 0.5) is 0 Å². The predicted octanol–water partition coefficient (Wildman–Crippen LogP) is 2.23. The Hall–Kier alpha value is 1.40. The van der Waals surface area contributed by atoms with E-state index in [1.54, 1.807) is 0 Å². The van der Waals surface area contributed by atoms with Crippen LogP contribution in [0.25, 0.3) is 0 Å². The normalized spacial score (nSPS) is 13.7. The molecule has 0 radical (unpaired) electrons. The Morgan fingerprint density at radius 3 is 2.33 bits per heavy atom. The average Bonchev–Trinajstić information content (AvgIpc) is 1.85. The maximum Gasteiger partial charge on any atom is 0.0480 e. The van der Waals surface area contributed by atoms with Crippen molar-refractivity contribution in [1.82, 2.24) is 0 Å². The zero-order valence-electron chi connectivity index (χ0n) is 5.16. The maximum atomic E-state index is 4.32. The highest BCUT2D eigenvalue weighted by atomic mass is 32.2. The number of hydrogen-bond acceptors (Lipinski definition) is 4. The van der Waals surface area contributed by atoms with Crippen LogP contribution < -0.4 is 0 Å². The van der Waals surface area contributed by atoms with E-state index in [2.05, 4.69) is 37.9 Å². The topological polar surface area (TPSA) is 0 Å². The Bertz CT molecular complexity index is 56.9. The largest absolute Gasteiger partial charge is 0.179 e. The van der Waals surface area contributed by atoms with Crippen molar-refractivity contribution in [2.45, 2.75) is 11.0 Å². The van der Waals surface area contributed by atoms with Crippen LogP contribution in [-0.4, -0.2) is 21.8 Å². The molecule has 4 heteroatoms. The van der Waals surface area contributed by atoms with Gasteiger partial charge in [0.05, 0.1) is 0 Å². The van der Waals surface area contributed by atoms with Crippen molar-refractivity contribution in [3.63, 3.8) is 0 Å². The monoisotopic (exact) mass is 200 g/mol. The number of hydrogen-bond donors (Lipinski definition) is 3. The van der Waals surface area contributed by atoms with Crippen molar-refractivity contribution in [2.75, 3.05) is 17.3 Å². The van der Waals surface area contributed by atoms with Crippen LogP contribution in [0.1, 0.15) is 6.42 Å². The van der Waals surface area contributed by atoms with Crippen LogP contribution in [0.3, 0.4) is 0 Å². The van der Waals surface area contributed by atoms with E-state index in [1.807, 2.05) is 11.8 Å². The Morgan fingerprint density at radius 2 is 1.89 bits per heavy atom. The van der Waals surface area contributed by atoms with Gasteiger partial charge in [-0.2, -0.15) is 37.9 Å². The lowest BCUT2D eigenvalue weighted by molar-refractivity contribution is 1.08. The highest BCUT2D eigenvalue weighted by Gasteiger charge is 1.99. The van der Waals surface area contributed by atoms with Gasteiger partial charge in [-0.25, -0.2) is 0 Å². The summed E-state index contributed by atoms with van der Waals surface area (Å²) in [6, 6.07) is 0. The van der Waals surface area contributed by atoms with Gasteiger partial charge in [0, 0.05) is 10.3 Å². The van der Waals surface area contributed by atoms with E-state index in [9.17, 15) is 0 Å². The van der Waals surface area contributed by atoms with E-state index in [-0.39, 0.29) is 0 Å². The lowest BCUT2D eigenvalue weighted by Crippen LogP contribution is -1.95. The molecule has 0 nitrogen and oxygen atoms in total. The molecule has 0 saturated carbocycles. The SMILES string of the molecule is SCCSC(S)CCS.